The largest absolute Gasteiger partial charge is 0.493 e. The molecule has 0 aliphatic heterocycles. The zero-order valence-electron chi connectivity index (χ0n) is 18.8. The van der Waals surface area contributed by atoms with E-state index < -0.39 is 12.0 Å². The molecule has 182 valence electrons. The van der Waals surface area contributed by atoms with E-state index in [0.717, 1.165) is 22.0 Å². The van der Waals surface area contributed by atoms with E-state index in [0.29, 0.717) is 38.6 Å². The number of carbonyl (C=O) groups is 1. The average molecular weight is 534 g/mol. The van der Waals surface area contributed by atoms with Crippen LogP contribution < -0.4 is 14.8 Å². The molecular weight excluding hydrogens is 511 g/mol. The predicted octanol–water partition coefficient (Wildman–Crippen LogP) is 6.50. The predicted molar refractivity (Wildman–Crippen MR) is 139 cm³/mol. The van der Waals surface area contributed by atoms with E-state index in [4.69, 9.17) is 44.3 Å². The number of hydrogen-bond acceptors (Lipinski definition) is 4. The summed E-state index contributed by atoms with van der Waals surface area (Å²) >= 11 is 19.0. The van der Waals surface area contributed by atoms with Gasteiger partial charge in [0.05, 0.1) is 12.1 Å². The molecule has 1 atom stereocenters. The Bertz CT molecular complexity index is 1340. The van der Waals surface area contributed by atoms with Crippen molar-refractivity contribution in [1.82, 2.24) is 10.3 Å². The molecule has 4 rings (SSSR count). The van der Waals surface area contributed by atoms with Gasteiger partial charge in [-0.2, -0.15) is 0 Å². The van der Waals surface area contributed by atoms with Crippen molar-refractivity contribution in [1.29, 1.82) is 0 Å². The Morgan fingerprint density at radius 3 is 2.51 bits per heavy atom. The first-order valence-corrected chi connectivity index (χ1v) is 11.9. The molecule has 3 N–H and O–H groups in total. The molecule has 0 amide bonds. The van der Waals surface area contributed by atoms with E-state index >= 15 is 0 Å². The van der Waals surface area contributed by atoms with E-state index in [1.807, 2.05) is 30.5 Å². The third-order valence-electron chi connectivity index (χ3n) is 5.66. The Balaban J connectivity index is 1.47. The number of rotatable bonds is 10. The van der Waals surface area contributed by atoms with Gasteiger partial charge in [0.25, 0.3) is 0 Å². The van der Waals surface area contributed by atoms with Crippen molar-refractivity contribution < 1.29 is 19.4 Å². The maximum Gasteiger partial charge on any atom is 0.321 e. The number of hydrogen-bond donors (Lipinski definition) is 3. The third kappa shape index (κ3) is 5.85. The van der Waals surface area contributed by atoms with Gasteiger partial charge in [-0.1, -0.05) is 59.1 Å². The van der Waals surface area contributed by atoms with Gasteiger partial charge in [0.1, 0.15) is 12.6 Å². The van der Waals surface area contributed by atoms with Crippen molar-refractivity contribution in [2.75, 3.05) is 7.11 Å². The second-order valence-electron chi connectivity index (χ2n) is 7.93. The monoisotopic (exact) mass is 532 g/mol. The molecule has 0 unspecified atom stereocenters. The molecule has 35 heavy (non-hydrogen) atoms. The molecule has 0 fully saturated rings. The fraction of sp³-hybridized carbons (Fsp3) is 0.192. The molecule has 0 radical (unpaired) electrons. The van der Waals surface area contributed by atoms with Crippen LogP contribution in [0.15, 0.2) is 60.8 Å². The van der Waals surface area contributed by atoms with Crippen LogP contribution in [0.1, 0.15) is 16.7 Å². The van der Waals surface area contributed by atoms with Gasteiger partial charge in [-0.25, -0.2) is 0 Å². The summed E-state index contributed by atoms with van der Waals surface area (Å²) in [7, 11) is 1.51. The third-order valence-corrected chi connectivity index (χ3v) is 6.65. The Morgan fingerprint density at radius 2 is 1.80 bits per heavy atom. The number of ether oxygens (including phenoxy) is 2. The minimum Gasteiger partial charge on any atom is -0.493 e. The summed E-state index contributed by atoms with van der Waals surface area (Å²) < 4.78 is 11.4. The Kier molecular flexibility index (Phi) is 8.08. The maximum absolute atomic E-state index is 11.9. The number of carboxylic acids is 1. The number of aromatic amines is 1. The zero-order chi connectivity index (χ0) is 24.9. The molecule has 0 spiro atoms. The summed E-state index contributed by atoms with van der Waals surface area (Å²) in [6, 6.07) is 15.7. The summed E-state index contributed by atoms with van der Waals surface area (Å²) in [4.78, 5) is 15.1. The lowest BCUT2D eigenvalue weighted by molar-refractivity contribution is -0.139. The molecular formula is C26H23Cl3N2O4. The van der Waals surface area contributed by atoms with E-state index in [9.17, 15) is 9.90 Å². The molecule has 9 heteroatoms. The van der Waals surface area contributed by atoms with Crippen LogP contribution in [0.25, 0.3) is 10.9 Å². The number of methoxy groups -OCH3 is 1. The molecule has 0 aliphatic carbocycles. The van der Waals surface area contributed by atoms with E-state index in [1.165, 1.54) is 7.11 Å². The van der Waals surface area contributed by atoms with Crippen molar-refractivity contribution in [3.8, 4) is 11.5 Å². The summed E-state index contributed by atoms with van der Waals surface area (Å²) in [5, 5.41) is 15.2. The van der Waals surface area contributed by atoms with Crippen molar-refractivity contribution >= 4 is 51.7 Å². The van der Waals surface area contributed by atoms with Crippen LogP contribution >= 0.6 is 34.8 Å². The zero-order valence-corrected chi connectivity index (χ0v) is 21.0. The number of para-hydroxylation sites is 1. The normalized spacial score (nSPS) is 12.0. The summed E-state index contributed by atoms with van der Waals surface area (Å²) in [5.41, 5.74) is 3.29. The van der Waals surface area contributed by atoms with Gasteiger partial charge >= 0.3 is 5.97 Å². The van der Waals surface area contributed by atoms with E-state index in [-0.39, 0.29) is 13.2 Å². The molecule has 4 aromatic rings. The quantitative estimate of drug-likeness (QED) is 0.217. The van der Waals surface area contributed by atoms with Crippen LogP contribution in [0.5, 0.6) is 11.5 Å². The number of benzene rings is 3. The van der Waals surface area contributed by atoms with Crippen molar-refractivity contribution in [2.24, 2.45) is 0 Å². The van der Waals surface area contributed by atoms with Gasteiger partial charge in [-0.05, 0) is 41.5 Å². The highest BCUT2D eigenvalue weighted by atomic mass is 35.5. The van der Waals surface area contributed by atoms with Gasteiger partial charge in [-0.3, -0.25) is 4.79 Å². The molecule has 0 bridgehead atoms. The van der Waals surface area contributed by atoms with Crippen LogP contribution in [-0.4, -0.2) is 29.2 Å². The van der Waals surface area contributed by atoms with E-state index in [1.54, 1.807) is 30.3 Å². The highest BCUT2D eigenvalue weighted by molar-refractivity contribution is 6.36. The number of aliphatic carboxylic acids is 1. The second kappa shape index (κ2) is 11.2. The number of carboxylic acid groups (broad SMARTS) is 1. The fourth-order valence-electron chi connectivity index (χ4n) is 3.84. The lowest BCUT2D eigenvalue weighted by Crippen LogP contribution is -2.38. The van der Waals surface area contributed by atoms with Crippen LogP contribution in [-0.2, 0) is 24.4 Å². The van der Waals surface area contributed by atoms with Crippen LogP contribution in [0, 0.1) is 0 Å². The Labute approximate surface area is 217 Å². The first-order chi connectivity index (χ1) is 16.9. The molecule has 1 heterocycles. The first kappa shape index (κ1) is 25.2. The minimum absolute atomic E-state index is 0.109. The maximum atomic E-state index is 11.9. The van der Waals surface area contributed by atoms with Crippen LogP contribution in [0.2, 0.25) is 15.1 Å². The summed E-state index contributed by atoms with van der Waals surface area (Å²) in [6.45, 7) is 0.379. The van der Waals surface area contributed by atoms with Crippen LogP contribution in [0.3, 0.4) is 0 Å². The summed E-state index contributed by atoms with van der Waals surface area (Å²) in [5.74, 6) is -0.173. The van der Waals surface area contributed by atoms with Crippen LogP contribution in [0.4, 0.5) is 0 Å². The highest BCUT2D eigenvalue weighted by Crippen LogP contribution is 2.38. The number of halogens is 3. The average Bonchev–Trinajstić information content (AvgIpc) is 3.24. The lowest BCUT2D eigenvalue weighted by Gasteiger charge is -2.17. The molecule has 1 aromatic heterocycles. The molecule has 6 nitrogen and oxygen atoms in total. The molecule has 0 saturated carbocycles. The number of aromatic nitrogens is 1. The van der Waals surface area contributed by atoms with Gasteiger partial charge < -0.3 is 24.9 Å². The minimum atomic E-state index is -0.940. The molecule has 0 saturated heterocycles. The van der Waals surface area contributed by atoms with Gasteiger partial charge in [-0.15, -0.1) is 0 Å². The standard InChI is InChI=1S/C26H23Cl3N2O4/c1-34-24-10-15(9-21(29)25(24)35-14-18-19(27)6-4-7-20(18)28)12-30-23(26(32)33)11-16-13-31-22-8-3-2-5-17(16)22/h2-10,13,23,30-31H,11-12,14H2,1H3,(H,32,33)/t23-/m1/s1. The van der Waals surface area contributed by atoms with Gasteiger partial charge in [0, 0.05) is 45.7 Å². The fourth-order valence-corrected chi connectivity index (χ4v) is 4.63. The number of nitrogens with one attached hydrogen (secondary N) is 2. The first-order valence-electron chi connectivity index (χ1n) is 10.8. The Hall–Kier alpha value is -2.90. The topological polar surface area (TPSA) is 83.6 Å². The van der Waals surface area contributed by atoms with Crippen molar-refractivity contribution in [3.05, 3.63) is 92.6 Å². The number of H-pyrrole nitrogens is 1. The number of fused-ring (bicyclic) bond motifs is 1. The smallest absolute Gasteiger partial charge is 0.321 e. The van der Waals surface area contributed by atoms with E-state index in [2.05, 4.69) is 10.3 Å². The SMILES string of the molecule is COc1cc(CN[C@H](Cc2c[nH]c3ccccc23)C(=O)O)cc(Cl)c1OCc1c(Cl)cccc1Cl. The van der Waals surface area contributed by atoms with Crippen molar-refractivity contribution in [3.63, 3.8) is 0 Å². The summed E-state index contributed by atoms with van der Waals surface area (Å²) in [6.07, 6.45) is 2.17. The lowest BCUT2D eigenvalue weighted by atomic mass is 10.0. The molecule has 0 aliphatic rings. The van der Waals surface area contributed by atoms with Gasteiger partial charge in [0.2, 0.25) is 0 Å². The molecule has 3 aromatic carbocycles. The highest BCUT2D eigenvalue weighted by Gasteiger charge is 2.20. The second-order valence-corrected chi connectivity index (χ2v) is 9.15. The Morgan fingerprint density at radius 1 is 1.06 bits per heavy atom. The van der Waals surface area contributed by atoms with Crippen molar-refractivity contribution in [2.45, 2.75) is 25.6 Å². The van der Waals surface area contributed by atoms with Gasteiger partial charge in [0.15, 0.2) is 11.5 Å².